The van der Waals surface area contributed by atoms with Crippen molar-refractivity contribution >= 4 is 11.5 Å². The number of hydrogen-bond acceptors (Lipinski definition) is 3. The van der Waals surface area contributed by atoms with Crippen LogP contribution in [0.4, 0.5) is 26.3 Å². The lowest BCUT2D eigenvalue weighted by Crippen LogP contribution is -2.53. The minimum absolute atomic E-state index is 0.136. The third-order valence-corrected chi connectivity index (χ3v) is 4.15. The van der Waals surface area contributed by atoms with E-state index in [4.69, 9.17) is 0 Å². The Morgan fingerprint density at radius 3 is 1.86 bits per heavy atom. The summed E-state index contributed by atoms with van der Waals surface area (Å²) in [6, 6.07) is 12.7. The molecule has 3 nitrogen and oxygen atoms in total. The van der Waals surface area contributed by atoms with Gasteiger partial charge in [0.15, 0.2) is 5.78 Å². The first-order valence-electron chi connectivity index (χ1n) is 8.12. The third kappa shape index (κ3) is 3.77. The molecule has 0 radical (unpaired) electrons. The van der Waals surface area contributed by atoms with Crippen molar-refractivity contribution in [3.63, 3.8) is 0 Å². The number of benzene rings is 2. The summed E-state index contributed by atoms with van der Waals surface area (Å²) < 4.78 is 87.0. The van der Waals surface area contributed by atoms with Gasteiger partial charge >= 0.3 is 18.1 Å². The fraction of sp³-hybridized carbons (Fsp3) is 0.150. The van der Waals surface area contributed by atoms with Crippen LogP contribution in [0.2, 0.25) is 0 Å². The molecule has 0 saturated heterocycles. The zero-order chi connectivity index (χ0) is 21.4. The van der Waals surface area contributed by atoms with Crippen LogP contribution in [-0.4, -0.2) is 29.0 Å². The van der Waals surface area contributed by atoms with Gasteiger partial charge in [-0.15, -0.1) is 0 Å². The van der Waals surface area contributed by atoms with Gasteiger partial charge in [-0.25, -0.2) is 0 Å². The van der Waals surface area contributed by atoms with E-state index in [1.54, 1.807) is 0 Å². The van der Waals surface area contributed by atoms with Gasteiger partial charge in [-0.05, 0) is 6.08 Å². The van der Waals surface area contributed by atoms with Crippen LogP contribution in [0.1, 0.15) is 15.9 Å². The van der Waals surface area contributed by atoms with E-state index in [-0.39, 0.29) is 11.6 Å². The van der Waals surface area contributed by atoms with E-state index in [0.29, 0.717) is 0 Å². The number of Topliss-reactive ketones (excluding diaryl/α,β-unsaturated/α-hetero) is 1. The van der Waals surface area contributed by atoms with Gasteiger partial charge in [0.25, 0.3) is 0 Å². The summed E-state index contributed by atoms with van der Waals surface area (Å²) >= 11 is 0. The highest BCUT2D eigenvalue weighted by Crippen LogP contribution is 2.49. The molecule has 3 rings (SSSR count). The monoisotopic (exact) mass is 414 g/mol. The molecule has 0 saturated carbocycles. The number of ether oxygens (including phenoxy) is 1. The summed E-state index contributed by atoms with van der Waals surface area (Å²) in [5.41, 5.74) is -4.48. The van der Waals surface area contributed by atoms with Gasteiger partial charge in [-0.1, -0.05) is 60.7 Å². The van der Waals surface area contributed by atoms with E-state index >= 15 is 0 Å². The minimum Gasteiger partial charge on any atom is -0.449 e. The maximum Gasteiger partial charge on any atom is 0.460 e. The molecule has 9 heteroatoms. The second kappa shape index (κ2) is 7.07. The number of carbonyl (C=O) groups is 1. The maximum atomic E-state index is 13.7. The summed E-state index contributed by atoms with van der Waals surface area (Å²) in [7, 11) is 0. The second-order valence-electron chi connectivity index (χ2n) is 6.10. The molecule has 2 aromatic rings. The standard InChI is InChI=1S/C20H12F6O3/c21-19(22,23)14-11-15(12-7-3-1-4-8-12)29-18(28,20(24,25)26)16(14)17(27)13-9-5-2-6-10-13/h1-11,28H/t18-/m0/s1. The van der Waals surface area contributed by atoms with Crippen LogP contribution < -0.4 is 0 Å². The predicted octanol–water partition coefficient (Wildman–Crippen LogP) is 5.05. The fourth-order valence-electron chi connectivity index (χ4n) is 2.80. The molecule has 0 spiro atoms. The Kier molecular flexibility index (Phi) is 5.04. The molecule has 1 atom stereocenters. The second-order valence-corrected chi connectivity index (χ2v) is 6.10. The SMILES string of the molecule is O=C(C1=C(C(F)(F)F)C=C(c2ccccc2)O[C@]1(O)C(F)(F)F)c1ccccc1. The van der Waals surface area contributed by atoms with Crippen molar-refractivity contribution in [2.75, 3.05) is 0 Å². The van der Waals surface area contributed by atoms with Crippen molar-refractivity contribution in [2.45, 2.75) is 18.1 Å². The Labute approximate surface area is 160 Å². The number of hydrogen-bond donors (Lipinski definition) is 1. The van der Waals surface area contributed by atoms with Crippen molar-refractivity contribution in [1.29, 1.82) is 0 Å². The van der Waals surface area contributed by atoms with Crippen molar-refractivity contribution in [3.05, 3.63) is 89.0 Å². The van der Waals surface area contributed by atoms with Gasteiger partial charge in [0.1, 0.15) is 5.76 Å². The molecule has 0 aromatic heterocycles. The first kappa shape index (κ1) is 20.7. The number of rotatable bonds is 3. The number of halogens is 6. The Morgan fingerprint density at radius 2 is 1.38 bits per heavy atom. The summed E-state index contributed by atoms with van der Waals surface area (Å²) in [4.78, 5) is 12.6. The molecule has 0 amide bonds. The Morgan fingerprint density at radius 1 is 0.862 bits per heavy atom. The highest BCUT2D eigenvalue weighted by Gasteiger charge is 2.65. The number of ketones is 1. The molecular weight excluding hydrogens is 402 g/mol. The van der Waals surface area contributed by atoms with E-state index in [1.165, 1.54) is 48.5 Å². The maximum absolute atomic E-state index is 13.7. The van der Waals surface area contributed by atoms with E-state index in [1.807, 2.05) is 0 Å². The molecular formula is C20H12F6O3. The molecule has 1 heterocycles. The lowest BCUT2D eigenvalue weighted by atomic mass is 9.88. The quantitative estimate of drug-likeness (QED) is 0.565. The van der Waals surface area contributed by atoms with Crippen molar-refractivity contribution in [1.82, 2.24) is 0 Å². The van der Waals surface area contributed by atoms with Crippen LogP contribution in [0.15, 0.2) is 77.9 Å². The predicted molar refractivity (Wildman–Crippen MR) is 90.4 cm³/mol. The van der Waals surface area contributed by atoms with Gasteiger partial charge in [0.2, 0.25) is 0 Å². The van der Waals surface area contributed by atoms with Crippen LogP contribution in [0.25, 0.3) is 5.76 Å². The summed E-state index contributed by atoms with van der Waals surface area (Å²) in [5.74, 6) is -7.02. The van der Waals surface area contributed by atoms with E-state index in [9.17, 15) is 36.2 Å². The summed E-state index contributed by atoms with van der Waals surface area (Å²) in [5, 5.41) is 10.3. The number of carbonyl (C=O) groups excluding carboxylic acids is 1. The van der Waals surface area contributed by atoms with E-state index in [0.717, 1.165) is 12.1 Å². The molecule has 1 N–H and O–H groups in total. The van der Waals surface area contributed by atoms with Crippen LogP contribution >= 0.6 is 0 Å². The van der Waals surface area contributed by atoms with Crippen molar-refractivity contribution in [3.8, 4) is 0 Å². The average Bonchev–Trinajstić information content (AvgIpc) is 2.66. The first-order chi connectivity index (χ1) is 13.4. The molecule has 0 fully saturated rings. The number of allylic oxidation sites excluding steroid dienone is 2. The Hall–Kier alpha value is -3.07. The van der Waals surface area contributed by atoms with Crippen molar-refractivity contribution in [2.24, 2.45) is 0 Å². The molecule has 0 aliphatic carbocycles. The van der Waals surface area contributed by atoms with Gasteiger partial charge in [0.05, 0.1) is 11.1 Å². The average molecular weight is 414 g/mol. The lowest BCUT2D eigenvalue weighted by molar-refractivity contribution is -0.325. The first-order valence-corrected chi connectivity index (χ1v) is 8.12. The minimum atomic E-state index is -5.74. The van der Waals surface area contributed by atoms with E-state index < -0.39 is 46.4 Å². The summed E-state index contributed by atoms with van der Waals surface area (Å²) in [6.07, 6.45) is -10.8. The summed E-state index contributed by atoms with van der Waals surface area (Å²) in [6.45, 7) is 0. The van der Waals surface area contributed by atoms with Crippen molar-refractivity contribution < 1.29 is 41.0 Å². The largest absolute Gasteiger partial charge is 0.460 e. The Balaban J connectivity index is 2.33. The van der Waals surface area contributed by atoms with Crippen LogP contribution in [0.5, 0.6) is 0 Å². The van der Waals surface area contributed by atoms with Crippen LogP contribution in [0.3, 0.4) is 0 Å². The van der Waals surface area contributed by atoms with Crippen LogP contribution in [0, 0.1) is 0 Å². The van der Waals surface area contributed by atoms with Gasteiger partial charge < -0.3 is 9.84 Å². The van der Waals surface area contributed by atoms with Gasteiger partial charge in [-0.2, -0.15) is 26.3 Å². The van der Waals surface area contributed by atoms with Gasteiger partial charge in [0, 0.05) is 11.1 Å². The Bertz CT molecular complexity index is 975. The molecule has 1 aliphatic rings. The highest BCUT2D eigenvalue weighted by atomic mass is 19.4. The molecule has 1 aliphatic heterocycles. The normalized spacial score (nSPS) is 20.2. The molecule has 0 unspecified atom stereocenters. The zero-order valence-electron chi connectivity index (χ0n) is 14.4. The zero-order valence-corrected chi connectivity index (χ0v) is 14.4. The molecule has 29 heavy (non-hydrogen) atoms. The molecule has 0 bridgehead atoms. The highest BCUT2D eigenvalue weighted by molar-refractivity contribution is 6.11. The number of aliphatic hydroxyl groups is 1. The van der Waals surface area contributed by atoms with Crippen LogP contribution in [-0.2, 0) is 4.74 Å². The smallest absolute Gasteiger partial charge is 0.449 e. The molecule has 152 valence electrons. The topological polar surface area (TPSA) is 46.5 Å². The third-order valence-electron chi connectivity index (χ3n) is 4.15. The van der Waals surface area contributed by atoms with E-state index in [2.05, 4.69) is 4.74 Å². The fourth-order valence-corrected chi connectivity index (χ4v) is 2.80. The van der Waals surface area contributed by atoms with Gasteiger partial charge in [-0.3, -0.25) is 4.79 Å². The lowest BCUT2D eigenvalue weighted by Gasteiger charge is -2.37. The number of alkyl halides is 6. The molecule has 2 aromatic carbocycles.